The molecule has 2 aromatic rings. The Kier molecular flexibility index (Phi) is 7.17. The minimum absolute atomic E-state index is 0.0565. The van der Waals surface area contributed by atoms with Crippen LogP contribution in [-0.4, -0.2) is 41.7 Å². The highest BCUT2D eigenvalue weighted by Crippen LogP contribution is 2.46. The highest BCUT2D eigenvalue weighted by atomic mass is 19.1. The number of nitrogens with one attached hydrogen (secondary N) is 1. The van der Waals surface area contributed by atoms with E-state index in [2.05, 4.69) is 24.1 Å². The Labute approximate surface area is 193 Å². The van der Waals surface area contributed by atoms with Crippen molar-refractivity contribution in [3.8, 4) is 5.75 Å². The normalized spacial score (nSPS) is 17.4. The van der Waals surface area contributed by atoms with Crippen molar-refractivity contribution in [2.45, 2.75) is 58.0 Å². The first-order valence-electron chi connectivity index (χ1n) is 11.8. The number of nitrogens with zero attached hydrogens (tertiary/aromatic N) is 1. The Balaban J connectivity index is 1.33. The van der Waals surface area contributed by atoms with E-state index in [0.29, 0.717) is 30.4 Å². The largest absolute Gasteiger partial charge is 0.493 e. The number of halogens is 2. The van der Waals surface area contributed by atoms with E-state index in [9.17, 15) is 18.7 Å². The zero-order valence-corrected chi connectivity index (χ0v) is 19.2. The third-order valence-electron chi connectivity index (χ3n) is 6.44. The van der Waals surface area contributed by atoms with Crippen molar-refractivity contribution in [1.29, 1.82) is 0 Å². The fraction of sp³-hybridized carbons (Fsp3) is 0.500. The van der Waals surface area contributed by atoms with Gasteiger partial charge in [-0.05, 0) is 100 Å². The summed E-state index contributed by atoms with van der Waals surface area (Å²) in [5.74, 6) is -1.25. The number of rotatable bonds is 9. The molecule has 4 rings (SSSR count). The number of aromatic carboxylic acids is 1. The molecule has 2 aromatic carbocycles. The molecule has 5 nitrogen and oxygen atoms in total. The molecule has 1 saturated heterocycles. The van der Waals surface area contributed by atoms with Crippen LogP contribution in [0.3, 0.4) is 0 Å². The van der Waals surface area contributed by atoms with E-state index in [4.69, 9.17) is 4.74 Å². The van der Waals surface area contributed by atoms with E-state index in [-0.39, 0.29) is 23.3 Å². The molecule has 0 atom stereocenters. The molecule has 2 aliphatic rings. The Hall–Kier alpha value is -2.67. The van der Waals surface area contributed by atoms with Crippen LogP contribution in [0.15, 0.2) is 30.3 Å². The maximum absolute atomic E-state index is 14.7. The van der Waals surface area contributed by atoms with Gasteiger partial charge in [0, 0.05) is 23.8 Å². The van der Waals surface area contributed by atoms with E-state index >= 15 is 0 Å². The maximum Gasteiger partial charge on any atom is 0.338 e. The standard InChI is InChI=1S/C26H32F2N2O3/c1-16(2)29-22-7-5-20(27)13-19(22)14-30-11-9-17(10-12-30)15-33-23-8-6-21(26(31)32)25(28)24(23)18-3-4-18/h5-8,13,16-18,29H,3-4,9-12,14-15H2,1-2H3,(H,31,32). The summed E-state index contributed by atoms with van der Waals surface area (Å²) in [5.41, 5.74) is 2.06. The summed E-state index contributed by atoms with van der Waals surface area (Å²) in [7, 11) is 0. The molecular formula is C26H32F2N2O3. The van der Waals surface area contributed by atoms with E-state index in [0.717, 1.165) is 50.0 Å². The fourth-order valence-electron chi connectivity index (χ4n) is 4.52. The van der Waals surface area contributed by atoms with Crippen LogP contribution in [0.4, 0.5) is 14.5 Å². The zero-order chi connectivity index (χ0) is 23.5. The molecule has 1 aliphatic heterocycles. The molecule has 2 N–H and O–H groups in total. The van der Waals surface area contributed by atoms with Crippen molar-refractivity contribution in [2.24, 2.45) is 5.92 Å². The second kappa shape index (κ2) is 10.1. The summed E-state index contributed by atoms with van der Waals surface area (Å²) in [5, 5.41) is 12.6. The summed E-state index contributed by atoms with van der Waals surface area (Å²) >= 11 is 0. The quantitative estimate of drug-likeness (QED) is 0.508. The third-order valence-corrected chi connectivity index (χ3v) is 6.44. The number of likely N-dealkylation sites (tertiary alicyclic amines) is 1. The van der Waals surface area contributed by atoms with Gasteiger partial charge in [-0.1, -0.05) is 0 Å². The third kappa shape index (κ3) is 5.82. The SMILES string of the molecule is CC(C)Nc1ccc(F)cc1CN1CCC(COc2ccc(C(=O)O)c(F)c2C2CC2)CC1. The van der Waals surface area contributed by atoms with Crippen LogP contribution in [0.1, 0.15) is 66.9 Å². The Morgan fingerprint density at radius 3 is 2.52 bits per heavy atom. The molecule has 1 heterocycles. The van der Waals surface area contributed by atoms with Crippen LogP contribution in [0, 0.1) is 17.6 Å². The lowest BCUT2D eigenvalue weighted by Crippen LogP contribution is -2.35. The minimum Gasteiger partial charge on any atom is -0.493 e. The van der Waals surface area contributed by atoms with Crippen molar-refractivity contribution in [3.05, 3.63) is 58.7 Å². The Bertz CT molecular complexity index is 999. The molecule has 7 heteroatoms. The van der Waals surface area contributed by atoms with Gasteiger partial charge in [0.15, 0.2) is 0 Å². The average Bonchev–Trinajstić information content (AvgIpc) is 3.59. The number of benzene rings is 2. The molecule has 2 fully saturated rings. The summed E-state index contributed by atoms with van der Waals surface area (Å²) in [6.07, 6.45) is 3.61. The molecule has 0 radical (unpaired) electrons. The lowest BCUT2D eigenvalue weighted by molar-refractivity contribution is 0.0691. The van der Waals surface area contributed by atoms with Crippen molar-refractivity contribution in [2.75, 3.05) is 25.0 Å². The van der Waals surface area contributed by atoms with Crippen LogP contribution in [-0.2, 0) is 6.54 Å². The number of anilines is 1. The number of hydrogen-bond donors (Lipinski definition) is 2. The molecule has 1 aliphatic carbocycles. The maximum atomic E-state index is 14.7. The van der Waals surface area contributed by atoms with Crippen LogP contribution in [0.25, 0.3) is 0 Å². The number of carboxylic acids is 1. The fourth-order valence-corrected chi connectivity index (χ4v) is 4.52. The van der Waals surface area contributed by atoms with Gasteiger partial charge < -0.3 is 15.2 Å². The van der Waals surface area contributed by atoms with Gasteiger partial charge in [0.2, 0.25) is 0 Å². The second-order valence-electron chi connectivity index (χ2n) is 9.55. The van der Waals surface area contributed by atoms with Gasteiger partial charge in [0.1, 0.15) is 17.4 Å². The van der Waals surface area contributed by atoms with Crippen molar-refractivity contribution >= 4 is 11.7 Å². The molecule has 1 saturated carbocycles. The molecule has 0 aromatic heterocycles. The number of piperidine rings is 1. The van der Waals surface area contributed by atoms with Crippen molar-refractivity contribution in [3.63, 3.8) is 0 Å². The van der Waals surface area contributed by atoms with E-state index in [1.54, 1.807) is 18.2 Å². The molecule has 0 amide bonds. The van der Waals surface area contributed by atoms with Crippen molar-refractivity contribution < 1.29 is 23.4 Å². The van der Waals surface area contributed by atoms with Gasteiger partial charge in [-0.25, -0.2) is 13.6 Å². The van der Waals surface area contributed by atoms with Crippen LogP contribution in [0.5, 0.6) is 5.75 Å². The van der Waals surface area contributed by atoms with Crippen LogP contribution in [0.2, 0.25) is 0 Å². The van der Waals surface area contributed by atoms with E-state index in [1.165, 1.54) is 12.1 Å². The predicted octanol–water partition coefficient (Wildman–Crippen LogP) is 5.65. The van der Waals surface area contributed by atoms with Gasteiger partial charge in [0.05, 0.1) is 12.2 Å². The number of carboxylic acid groups (broad SMARTS) is 1. The van der Waals surface area contributed by atoms with Gasteiger partial charge in [-0.2, -0.15) is 0 Å². The first-order valence-corrected chi connectivity index (χ1v) is 11.8. The summed E-state index contributed by atoms with van der Waals surface area (Å²) in [6.45, 7) is 7.07. The molecular weight excluding hydrogens is 426 g/mol. The smallest absolute Gasteiger partial charge is 0.338 e. The van der Waals surface area contributed by atoms with Crippen molar-refractivity contribution in [1.82, 2.24) is 4.90 Å². The topological polar surface area (TPSA) is 61.8 Å². The summed E-state index contributed by atoms with van der Waals surface area (Å²) in [6, 6.07) is 8.06. The van der Waals surface area contributed by atoms with E-state index < -0.39 is 11.8 Å². The Morgan fingerprint density at radius 1 is 1.15 bits per heavy atom. The Morgan fingerprint density at radius 2 is 1.88 bits per heavy atom. The lowest BCUT2D eigenvalue weighted by atomic mass is 9.97. The second-order valence-corrected chi connectivity index (χ2v) is 9.55. The molecule has 0 bridgehead atoms. The summed E-state index contributed by atoms with van der Waals surface area (Å²) in [4.78, 5) is 13.6. The van der Waals surface area contributed by atoms with Gasteiger partial charge in [-0.3, -0.25) is 4.90 Å². The van der Waals surface area contributed by atoms with Gasteiger partial charge in [-0.15, -0.1) is 0 Å². The number of hydrogen-bond acceptors (Lipinski definition) is 4. The first-order chi connectivity index (χ1) is 15.8. The molecule has 0 spiro atoms. The van der Waals surface area contributed by atoms with Gasteiger partial charge >= 0.3 is 5.97 Å². The van der Waals surface area contributed by atoms with E-state index in [1.807, 2.05) is 0 Å². The predicted molar refractivity (Wildman–Crippen MR) is 124 cm³/mol. The highest BCUT2D eigenvalue weighted by molar-refractivity contribution is 5.88. The number of carbonyl (C=O) groups is 1. The summed E-state index contributed by atoms with van der Waals surface area (Å²) < 4.78 is 34.6. The van der Waals surface area contributed by atoms with Gasteiger partial charge in [0.25, 0.3) is 0 Å². The average molecular weight is 459 g/mol. The molecule has 178 valence electrons. The van der Waals surface area contributed by atoms with Crippen LogP contribution >= 0.6 is 0 Å². The lowest BCUT2D eigenvalue weighted by Gasteiger charge is -2.32. The monoisotopic (exact) mass is 458 g/mol. The molecule has 0 unspecified atom stereocenters. The highest BCUT2D eigenvalue weighted by Gasteiger charge is 2.33. The zero-order valence-electron chi connectivity index (χ0n) is 19.2. The van der Waals surface area contributed by atoms with Crippen LogP contribution < -0.4 is 10.1 Å². The first kappa shape index (κ1) is 23.5. The minimum atomic E-state index is -1.25. The molecule has 33 heavy (non-hydrogen) atoms. The number of ether oxygens (including phenoxy) is 1.